The zero-order valence-electron chi connectivity index (χ0n) is 15.9. The number of nitrogens with zero attached hydrogens (tertiary/aromatic N) is 2. The van der Waals surface area contributed by atoms with Crippen LogP contribution in [0.4, 0.5) is 10.5 Å². The topological polar surface area (TPSA) is 178 Å². The van der Waals surface area contributed by atoms with Gasteiger partial charge in [-0.1, -0.05) is 36.4 Å². The fraction of sp³-hybridized carbons (Fsp3) is 0.150. The summed E-state index contributed by atoms with van der Waals surface area (Å²) in [5, 5.41) is 39.4. The van der Waals surface area contributed by atoms with E-state index in [4.69, 9.17) is 15.6 Å². The minimum absolute atomic E-state index is 0.200. The average Bonchev–Trinajstić information content (AvgIpc) is 3.09. The maximum atomic E-state index is 13.0. The van der Waals surface area contributed by atoms with E-state index in [1.165, 1.54) is 18.2 Å². The number of fused-ring (bicyclic) bond motifs is 1. The zero-order valence-corrected chi connectivity index (χ0v) is 15.9. The lowest BCUT2D eigenvalue weighted by Crippen LogP contribution is -2.34. The van der Waals surface area contributed by atoms with Crippen molar-refractivity contribution < 1.29 is 34.5 Å². The summed E-state index contributed by atoms with van der Waals surface area (Å²) in [5.74, 6) is -2.86. The van der Waals surface area contributed by atoms with Crippen molar-refractivity contribution in [2.24, 2.45) is 5.73 Å². The number of hydrogen-bond acceptors (Lipinski definition) is 8. The van der Waals surface area contributed by atoms with Gasteiger partial charge in [0.1, 0.15) is 6.04 Å². The summed E-state index contributed by atoms with van der Waals surface area (Å²) in [5.41, 5.74) is 5.50. The average molecular weight is 428 g/mol. The van der Waals surface area contributed by atoms with Gasteiger partial charge in [-0.3, -0.25) is 10.0 Å². The van der Waals surface area contributed by atoms with Crippen LogP contribution in [0.5, 0.6) is 0 Å². The van der Waals surface area contributed by atoms with Gasteiger partial charge in [0.05, 0.1) is 11.2 Å². The lowest BCUT2D eigenvalue weighted by Gasteiger charge is -2.26. The van der Waals surface area contributed by atoms with E-state index in [0.29, 0.717) is 10.9 Å². The molecule has 0 fully saturated rings. The van der Waals surface area contributed by atoms with Crippen LogP contribution in [0.1, 0.15) is 17.4 Å². The van der Waals surface area contributed by atoms with Gasteiger partial charge in [0.2, 0.25) is 6.10 Å². The van der Waals surface area contributed by atoms with Crippen molar-refractivity contribution >= 4 is 34.6 Å². The third-order valence-corrected chi connectivity index (χ3v) is 4.58. The first-order valence-electron chi connectivity index (χ1n) is 8.97. The second-order valence-electron chi connectivity index (χ2n) is 6.61. The fourth-order valence-electron chi connectivity index (χ4n) is 3.17. The van der Waals surface area contributed by atoms with Crippen molar-refractivity contribution in [2.75, 3.05) is 5.23 Å². The van der Waals surface area contributed by atoms with Crippen LogP contribution in [0, 0.1) is 5.21 Å². The largest absolute Gasteiger partial charge is 0.733 e. The Bertz CT molecular complexity index is 1140. The Hall–Kier alpha value is -3.93. The number of nitrogens with two attached hydrogens (primary N) is 1. The molecule has 3 rings (SSSR count). The highest BCUT2D eigenvalue weighted by atomic mass is 16.8. The van der Waals surface area contributed by atoms with Crippen molar-refractivity contribution in [1.29, 1.82) is 0 Å². The lowest BCUT2D eigenvalue weighted by molar-refractivity contribution is -0.147. The number of benzene rings is 2. The number of para-hydroxylation sites is 2. The molecule has 0 aliphatic rings. The van der Waals surface area contributed by atoms with Gasteiger partial charge >= 0.3 is 18.0 Å². The normalized spacial score (nSPS) is 12.9. The third-order valence-electron chi connectivity index (χ3n) is 4.58. The molecule has 0 saturated heterocycles. The molecule has 11 heteroatoms. The Balaban J connectivity index is 2.04. The smallest absolute Gasteiger partial charge is 0.419 e. The number of anilines is 1. The molecule has 0 amide bonds. The lowest BCUT2D eigenvalue weighted by atomic mass is 10.1. The predicted octanol–water partition coefficient (Wildman–Crippen LogP) is 2.10. The van der Waals surface area contributed by atoms with Crippen LogP contribution in [0.2, 0.25) is 0 Å². The molecule has 1 aromatic heterocycles. The quantitative estimate of drug-likeness (QED) is 0.407. The minimum atomic E-state index is -1.92. The Morgan fingerprint density at radius 3 is 2.35 bits per heavy atom. The number of ether oxygens (including phenoxy) is 1. The second kappa shape index (κ2) is 8.83. The van der Waals surface area contributed by atoms with Crippen LogP contribution in [-0.2, 0) is 20.7 Å². The Morgan fingerprint density at radius 1 is 1.06 bits per heavy atom. The maximum absolute atomic E-state index is 13.0. The van der Waals surface area contributed by atoms with E-state index in [9.17, 15) is 29.9 Å². The van der Waals surface area contributed by atoms with Crippen LogP contribution in [0.3, 0.4) is 0 Å². The Kier molecular flexibility index (Phi) is 6.20. The number of carbonyl (C=O) groups is 3. The van der Waals surface area contributed by atoms with E-state index < -0.39 is 41.1 Å². The van der Waals surface area contributed by atoms with Crippen LogP contribution < -0.4 is 11.0 Å². The molecule has 0 bridgehead atoms. The van der Waals surface area contributed by atoms with Crippen molar-refractivity contribution in [3.05, 3.63) is 71.1 Å². The van der Waals surface area contributed by atoms with Crippen LogP contribution in [-0.4, -0.2) is 44.1 Å². The summed E-state index contributed by atoms with van der Waals surface area (Å²) in [7, 11) is 0. The molecule has 31 heavy (non-hydrogen) atoms. The van der Waals surface area contributed by atoms with E-state index in [-0.39, 0.29) is 17.7 Å². The van der Waals surface area contributed by atoms with Gasteiger partial charge in [0, 0.05) is 23.1 Å². The van der Waals surface area contributed by atoms with Crippen LogP contribution in [0.15, 0.2) is 54.6 Å². The van der Waals surface area contributed by atoms with Gasteiger partial charge in [-0.15, -0.1) is 0 Å². The molecule has 0 aliphatic carbocycles. The molecule has 0 aliphatic heterocycles. The van der Waals surface area contributed by atoms with Crippen molar-refractivity contribution in [3.63, 3.8) is 0 Å². The summed E-state index contributed by atoms with van der Waals surface area (Å²) >= 11 is 0. The SMILES string of the molecule is N[C@H](Cc1cc2ccccc2n1C(=O)OC(C(=O)O)c1ccccc1N([O-])O)C(=O)O. The first kappa shape index (κ1) is 21.8. The number of aliphatic carboxylic acids is 2. The highest BCUT2D eigenvalue weighted by molar-refractivity contribution is 5.92. The number of carbonyl (C=O) groups excluding carboxylic acids is 1. The van der Waals surface area contributed by atoms with Gasteiger partial charge in [0.25, 0.3) is 0 Å². The number of hydrogen-bond donors (Lipinski definition) is 4. The second-order valence-corrected chi connectivity index (χ2v) is 6.61. The molecule has 1 unspecified atom stereocenters. The number of rotatable bonds is 7. The van der Waals surface area contributed by atoms with E-state index in [1.54, 1.807) is 30.3 Å². The molecule has 2 aromatic carbocycles. The van der Waals surface area contributed by atoms with Gasteiger partial charge in [0.15, 0.2) is 0 Å². The van der Waals surface area contributed by atoms with Crippen LogP contribution in [0.25, 0.3) is 10.9 Å². The monoisotopic (exact) mass is 428 g/mol. The first-order chi connectivity index (χ1) is 14.7. The summed E-state index contributed by atoms with van der Waals surface area (Å²) in [4.78, 5) is 36.0. The van der Waals surface area contributed by atoms with Gasteiger partial charge in [-0.05, 0) is 18.2 Å². The first-order valence-corrected chi connectivity index (χ1v) is 8.97. The number of carboxylic acids is 2. The van der Waals surface area contributed by atoms with Crippen molar-refractivity contribution in [1.82, 2.24) is 4.57 Å². The van der Waals surface area contributed by atoms with E-state index >= 15 is 0 Å². The molecule has 1 heterocycles. The molecule has 162 valence electrons. The maximum Gasteiger partial charge on any atom is 0.419 e. The van der Waals surface area contributed by atoms with Gasteiger partial charge in [-0.25, -0.2) is 14.2 Å². The Morgan fingerprint density at radius 2 is 1.71 bits per heavy atom. The van der Waals surface area contributed by atoms with Gasteiger partial charge < -0.3 is 31.1 Å². The van der Waals surface area contributed by atoms with E-state index in [1.807, 2.05) is 0 Å². The standard InChI is InChI=1S/C20H18N3O8/c21-14(18(24)25)10-12-9-11-5-1-3-7-15(11)22(12)20(28)31-17(19(26)27)13-6-2-4-8-16(13)23(29)30/h1-9,14,17,29H,10,21H2,(H,24,25)(H,26,27)/q-1/t14-,17?/m1/s1. The number of carboxylic acid groups (broad SMARTS) is 2. The molecule has 11 nitrogen and oxygen atoms in total. The van der Waals surface area contributed by atoms with E-state index in [0.717, 1.165) is 10.6 Å². The van der Waals surface area contributed by atoms with Crippen LogP contribution >= 0.6 is 0 Å². The third kappa shape index (κ3) is 4.48. The minimum Gasteiger partial charge on any atom is -0.733 e. The Labute approximate surface area is 175 Å². The molecule has 3 aromatic rings. The molecule has 0 radical (unpaired) electrons. The van der Waals surface area contributed by atoms with Crippen molar-refractivity contribution in [2.45, 2.75) is 18.6 Å². The van der Waals surface area contributed by atoms with Gasteiger partial charge in [-0.2, -0.15) is 0 Å². The van der Waals surface area contributed by atoms with Crippen molar-refractivity contribution in [3.8, 4) is 0 Å². The number of aromatic nitrogens is 1. The predicted molar refractivity (Wildman–Crippen MR) is 108 cm³/mol. The summed E-state index contributed by atoms with van der Waals surface area (Å²) < 4.78 is 6.22. The fourth-order valence-corrected chi connectivity index (χ4v) is 3.17. The molecular weight excluding hydrogens is 410 g/mol. The van der Waals surface area contributed by atoms with E-state index in [2.05, 4.69) is 0 Å². The zero-order chi connectivity index (χ0) is 22.7. The summed E-state index contributed by atoms with van der Waals surface area (Å²) in [6.07, 6.45) is -3.26. The molecule has 0 spiro atoms. The summed E-state index contributed by atoms with van der Waals surface area (Å²) in [6.45, 7) is 0. The highest BCUT2D eigenvalue weighted by Gasteiger charge is 2.30. The molecule has 0 saturated carbocycles. The summed E-state index contributed by atoms with van der Waals surface area (Å²) in [6, 6.07) is 12.0. The molecular formula is C20H18N3O8-. The molecule has 5 N–H and O–H groups in total. The molecule has 2 atom stereocenters. The highest BCUT2D eigenvalue weighted by Crippen LogP contribution is 2.30.